The Kier molecular flexibility index (Phi) is 31.2. The van der Waals surface area contributed by atoms with Gasteiger partial charge in [0, 0.05) is 25.6 Å². The molecule has 0 heterocycles. The molecule has 0 aliphatic rings. The molecule has 0 aromatic heterocycles. The second-order valence-electron chi connectivity index (χ2n) is 13.7. The molecule has 0 aromatic rings. The number of hydrogen-bond acceptors (Lipinski definition) is 11. The fourth-order valence-corrected chi connectivity index (χ4v) is 6.08. The largest absolute Gasteiger partial charge is 0.355 e. The van der Waals surface area contributed by atoms with Crippen molar-refractivity contribution in [3.05, 3.63) is 0 Å². The minimum absolute atomic E-state index is 0.0426. The number of carbonyl (C=O) groups excluding carboxylic acids is 5. The van der Waals surface area contributed by atoms with E-state index in [9.17, 15) is 24.0 Å². The lowest BCUT2D eigenvalue weighted by atomic mass is 10.0. The topological polar surface area (TPSA) is 206 Å². The van der Waals surface area contributed by atoms with Crippen molar-refractivity contribution in [3.8, 4) is 0 Å². The van der Waals surface area contributed by atoms with Crippen molar-refractivity contribution >= 4 is 29.4 Å². The molecule has 52 heavy (non-hydrogen) atoms. The third-order valence-electron chi connectivity index (χ3n) is 9.26. The molecule has 0 radical (unpaired) electrons. The first-order valence-corrected chi connectivity index (χ1v) is 19.7. The molecule has 304 valence electrons. The molecule has 0 bridgehead atoms. The lowest BCUT2D eigenvalue weighted by molar-refractivity contribution is -0.131. The van der Waals surface area contributed by atoms with Gasteiger partial charge in [-0.3, -0.25) is 24.0 Å². The summed E-state index contributed by atoms with van der Waals surface area (Å²) in [6, 6.07) is -2.21. The summed E-state index contributed by atoms with van der Waals surface area (Å²) in [5.41, 5.74) is 0. The number of unbranched alkanes of at least 4 members (excludes halogenated alkanes) is 4. The Morgan fingerprint density at radius 3 is 1.17 bits per heavy atom. The van der Waals surface area contributed by atoms with E-state index in [1.807, 2.05) is 21.1 Å². The van der Waals surface area contributed by atoms with E-state index in [2.05, 4.69) is 53.2 Å². The second-order valence-corrected chi connectivity index (χ2v) is 13.7. The van der Waals surface area contributed by atoms with E-state index in [0.29, 0.717) is 51.6 Å². The molecular formula is C37H76N10O5. The maximum atomic E-state index is 13.7. The predicted octanol–water partition coefficient (Wildman–Crippen LogP) is 0.0511. The highest BCUT2D eigenvalue weighted by Crippen LogP contribution is 2.09. The Morgan fingerprint density at radius 2 is 0.769 bits per heavy atom. The summed E-state index contributed by atoms with van der Waals surface area (Å²) in [4.78, 5) is 64.7. The third-order valence-corrected chi connectivity index (χ3v) is 9.26. The number of nitrogens with one attached hydrogen (secondary N) is 10. The maximum Gasteiger partial charge on any atom is 0.242 e. The first kappa shape index (κ1) is 49.3. The molecule has 15 nitrogen and oxygen atoms in total. The number of amides is 4. The Bertz CT molecular complexity index is 973. The summed E-state index contributed by atoms with van der Waals surface area (Å²) in [5.74, 6) is -0.743. The van der Waals surface area contributed by atoms with Crippen LogP contribution in [0.2, 0.25) is 0 Å². The average molecular weight is 741 g/mol. The molecule has 0 rings (SSSR count). The first-order chi connectivity index (χ1) is 25.1. The van der Waals surface area contributed by atoms with Gasteiger partial charge in [0.25, 0.3) is 0 Å². The monoisotopic (exact) mass is 741 g/mol. The first-order valence-electron chi connectivity index (χ1n) is 19.7. The number of likely N-dealkylation sites (N-methyl/N-ethyl adjacent to an activating group) is 3. The van der Waals surface area contributed by atoms with Crippen LogP contribution in [-0.4, -0.2) is 135 Å². The van der Waals surface area contributed by atoms with Crippen LogP contribution in [0.3, 0.4) is 0 Å². The SMILES string of the molecule is CNCCCCC(NC)C(=O)NCCCCC(NC(=O)C(CCCCNC)NC)C(=O)NC(CCCNC(=O)C(CCCCNC)NC)CC(C)=O. The Balaban J connectivity index is 5.36. The summed E-state index contributed by atoms with van der Waals surface area (Å²) in [5, 5.41) is 30.6. The van der Waals surface area contributed by atoms with Crippen molar-refractivity contribution in [1.29, 1.82) is 0 Å². The van der Waals surface area contributed by atoms with E-state index >= 15 is 0 Å². The van der Waals surface area contributed by atoms with Gasteiger partial charge in [-0.2, -0.15) is 0 Å². The molecule has 0 aliphatic heterocycles. The van der Waals surface area contributed by atoms with Crippen molar-refractivity contribution in [2.75, 3.05) is 75.0 Å². The van der Waals surface area contributed by atoms with Crippen molar-refractivity contribution < 1.29 is 24.0 Å². The second kappa shape index (κ2) is 32.9. The molecule has 0 aliphatic carbocycles. The molecule has 5 unspecified atom stereocenters. The Hall–Kier alpha value is -2.69. The molecule has 4 amide bonds. The van der Waals surface area contributed by atoms with Crippen LogP contribution in [0.15, 0.2) is 0 Å². The van der Waals surface area contributed by atoms with Gasteiger partial charge in [-0.15, -0.1) is 0 Å². The number of Topliss-reactive ketones (excluding diaryl/α,β-unsaturated/α-hetero) is 1. The van der Waals surface area contributed by atoms with Crippen LogP contribution in [0.5, 0.6) is 0 Å². The molecule has 5 atom stereocenters. The predicted molar refractivity (Wildman–Crippen MR) is 210 cm³/mol. The molecule has 0 aromatic carbocycles. The van der Waals surface area contributed by atoms with Gasteiger partial charge >= 0.3 is 0 Å². The highest BCUT2D eigenvalue weighted by Gasteiger charge is 2.27. The van der Waals surface area contributed by atoms with Gasteiger partial charge in [0.1, 0.15) is 11.8 Å². The maximum absolute atomic E-state index is 13.7. The standard InChI is InChI=1S/C37H76N10O5/c1-28(48)27-29(17-16-26-45-35(50)31(42-6)19-9-13-23-39-3)46-37(52)33(47-36(51)32(43-7)20-10-14-24-40-4)21-11-15-25-44-34(49)30(41-5)18-8-12-22-38-2/h29-33,38-43H,8-27H2,1-7H3,(H,44,49)(H,45,50)(H,46,52)(H,47,51). The summed E-state index contributed by atoms with van der Waals surface area (Å²) in [6.45, 7) is 5.06. The van der Waals surface area contributed by atoms with E-state index in [0.717, 1.165) is 71.0 Å². The van der Waals surface area contributed by atoms with Gasteiger partial charge in [-0.1, -0.05) is 19.3 Å². The molecule has 0 saturated carbocycles. The van der Waals surface area contributed by atoms with Crippen LogP contribution in [0.1, 0.15) is 103 Å². The molecular weight excluding hydrogens is 664 g/mol. The highest BCUT2D eigenvalue weighted by atomic mass is 16.2. The van der Waals surface area contributed by atoms with E-state index in [1.165, 1.54) is 6.92 Å². The van der Waals surface area contributed by atoms with Gasteiger partial charge < -0.3 is 53.2 Å². The summed E-state index contributed by atoms with van der Waals surface area (Å²) >= 11 is 0. The quantitative estimate of drug-likeness (QED) is 0.0393. The molecule has 15 heteroatoms. The van der Waals surface area contributed by atoms with Crippen LogP contribution < -0.4 is 53.2 Å². The zero-order valence-electron chi connectivity index (χ0n) is 33.6. The minimum atomic E-state index is -0.804. The van der Waals surface area contributed by atoms with Crippen molar-refractivity contribution in [3.63, 3.8) is 0 Å². The Morgan fingerprint density at radius 1 is 0.404 bits per heavy atom. The number of rotatable bonds is 35. The number of hydrogen-bond donors (Lipinski definition) is 10. The van der Waals surface area contributed by atoms with Gasteiger partial charge in [-0.25, -0.2) is 0 Å². The minimum Gasteiger partial charge on any atom is -0.355 e. The van der Waals surface area contributed by atoms with Crippen LogP contribution in [-0.2, 0) is 24.0 Å². The fraction of sp³-hybridized carbons (Fsp3) is 0.865. The molecule has 0 fully saturated rings. The normalized spacial score (nSPS) is 14.1. The van der Waals surface area contributed by atoms with Crippen LogP contribution in [0.4, 0.5) is 0 Å². The van der Waals surface area contributed by atoms with Gasteiger partial charge in [0.15, 0.2) is 0 Å². The van der Waals surface area contributed by atoms with Gasteiger partial charge in [0.2, 0.25) is 23.6 Å². The summed E-state index contributed by atoms with van der Waals surface area (Å²) in [6.07, 6.45) is 10.6. The summed E-state index contributed by atoms with van der Waals surface area (Å²) < 4.78 is 0. The van der Waals surface area contributed by atoms with E-state index < -0.39 is 18.1 Å². The number of ketones is 1. The van der Waals surface area contributed by atoms with Crippen molar-refractivity contribution in [2.24, 2.45) is 0 Å². The Labute approximate surface area is 314 Å². The lowest BCUT2D eigenvalue weighted by Gasteiger charge is -2.25. The third kappa shape index (κ3) is 24.5. The number of carbonyl (C=O) groups is 5. The highest BCUT2D eigenvalue weighted by molar-refractivity contribution is 5.90. The molecule has 0 saturated heterocycles. The lowest BCUT2D eigenvalue weighted by Crippen LogP contribution is -2.54. The zero-order valence-corrected chi connectivity index (χ0v) is 33.6. The molecule has 10 N–H and O–H groups in total. The average Bonchev–Trinajstić information content (AvgIpc) is 3.12. The van der Waals surface area contributed by atoms with Gasteiger partial charge in [0.05, 0.1) is 18.1 Å². The molecule has 0 spiro atoms. The zero-order chi connectivity index (χ0) is 39.0. The van der Waals surface area contributed by atoms with E-state index in [-0.39, 0.29) is 47.9 Å². The van der Waals surface area contributed by atoms with E-state index in [4.69, 9.17) is 0 Å². The fourth-order valence-electron chi connectivity index (χ4n) is 6.08. The van der Waals surface area contributed by atoms with Crippen LogP contribution in [0, 0.1) is 0 Å². The van der Waals surface area contributed by atoms with Gasteiger partial charge in [-0.05, 0) is 139 Å². The van der Waals surface area contributed by atoms with Crippen molar-refractivity contribution in [1.82, 2.24) is 53.2 Å². The van der Waals surface area contributed by atoms with Crippen molar-refractivity contribution in [2.45, 2.75) is 133 Å². The van der Waals surface area contributed by atoms with Crippen LogP contribution >= 0.6 is 0 Å². The van der Waals surface area contributed by atoms with Crippen LogP contribution in [0.25, 0.3) is 0 Å². The summed E-state index contributed by atoms with van der Waals surface area (Å²) in [7, 11) is 11.0. The smallest absolute Gasteiger partial charge is 0.242 e. The van der Waals surface area contributed by atoms with E-state index in [1.54, 1.807) is 21.1 Å².